The zero-order chi connectivity index (χ0) is 9.97. The Balaban J connectivity index is 1.92. The second kappa shape index (κ2) is 4.65. The average Bonchev–Trinajstić information content (AvgIpc) is 2.39. The van der Waals surface area contributed by atoms with Gasteiger partial charge < -0.3 is 5.32 Å². The van der Waals surface area contributed by atoms with E-state index in [0.29, 0.717) is 0 Å². The standard InChI is InChI=1S/C13H25N/c1-10(2)11-3-5-12-7-8-14-9-13(12)6-4-11/h10-14H,3-9H2,1-2H3. The van der Waals surface area contributed by atoms with Crippen molar-refractivity contribution in [3.63, 3.8) is 0 Å². The van der Waals surface area contributed by atoms with Gasteiger partial charge in [0.15, 0.2) is 0 Å². The molecule has 0 aromatic rings. The molecule has 0 radical (unpaired) electrons. The van der Waals surface area contributed by atoms with Crippen LogP contribution in [0.15, 0.2) is 0 Å². The van der Waals surface area contributed by atoms with E-state index in [1.165, 1.54) is 45.2 Å². The van der Waals surface area contributed by atoms with Gasteiger partial charge in [-0.2, -0.15) is 0 Å². The molecule has 1 heterocycles. The first-order valence-electron chi connectivity index (χ1n) is 6.48. The highest BCUT2D eigenvalue weighted by molar-refractivity contribution is 4.83. The van der Waals surface area contributed by atoms with E-state index in [2.05, 4.69) is 19.2 Å². The second-order valence-electron chi connectivity index (χ2n) is 5.67. The quantitative estimate of drug-likeness (QED) is 0.678. The van der Waals surface area contributed by atoms with Crippen LogP contribution >= 0.6 is 0 Å². The molecule has 0 spiro atoms. The van der Waals surface area contributed by atoms with Crippen LogP contribution in [0.3, 0.4) is 0 Å². The molecule has 0 aromatic carbocycles. The van der Waals surface area contributed by atoms with Crippen LogP contribution in [-0.4, -0.2) is 13.1 Å². The maximum absolute atomic E-state index is 3.56. The van der Waals surface area contributed by atoms with Gasteiger partial charge >= 0.3 is 0 Å². The third kappa shape index (κ3) is 2.31. The average molecular weight is 195 g/mol. The Labute approximate surface area is 88.7 Å². The molecule has 2 rings (SSSR count). The molecule has 1 saturated heterocycles. The molecule has 0 bridgehead atoms. The van der Waals surface area contributed by atoms with Crippen LogP contribution in [0.25, 0.3) is 0 Å². The van der Waals surface area contributed by atoms with E-state index < -0.39 is 0 Å². The van der Waals surface area contributed by atoms with E-state index in [1.54, 1.807) is 0 Å². The molecular formula is C13H25N. The highest BCUT2D eigenvalue weighted by atomic mass is 14.9. The molecule has 3 unspecified atom stereocenters. The number of hydrogen-bond acceptors (Lipinski definition) is 1. The lowest BCUT2D eigenvalue weighted by molar-refractivity contribution is 0.241. The number of nitrogens with one attached hydrogen (secondary N) is 1. The molecule has 0 amide bonds. The van der Waals surface area contributed by atoms with Crippen molar-refractivity contribution in [2.45, 2.75) is 46.0 Å². The van der Waals surface area contributed by atoms with Crippen molar-refractivity contribution in [1.82, 2.24) is 5.32 Å². The molecule has 1 saturated carbocycles. The second-order valence-corrected chi connectivity index (χ2v) is 5.67. The van der Waals surface area contributed by atoms with Gasteiger partial charge in [-0.1, -0.05) is 13.8 Å². The largest absolute Gasteiger partial charge is 0.316 e. The Bertz CT molecular complexity index is 160. The Morgan fingerprint density at radius 1 is 0.929 bits per heavy atom. The van der Waals surface area contributed by atoms with Crippen molar-refractivity contribution in [3.05, 3.63) is 0 Å². The number of fused-ring (bicyclic) bond motifs is 1. The summed E-state index contributed by atoms with van der Waals surface area (Å²) >= 11 is 0. The molecule has 0 aromatic heterocycles. The lowest BCUT2D eigenvalue weighted by Gasteiger charge is -2.30. The summed E-state index contributed by atoms with van der Waals surface area (Å²) in [5.41, 5.74) is 0. The molecule has 1 heteroatoms. The molecule has 2 aliphatic rings. The molecule has 1 N–H and O–H groups in total. The van der Waals surface area contributed by atoms with Crippen LogP contribution in [-0.2, 0) is 0 Å². The minimum absolute atomic E-state index is 0.906. The molecule has 2 fully saturated rings. The predicted molar refractivity (Wildman–Crippen MR) is 61.3 cm³/mol. The zero-order valence-corrected chi connectivity index (χ0v) is 9.76. The summed E-state index contributed by atoms with van der Waals surface area (Å²) in [4.78, 5) is 0. The van der Waals surface area contributed by atoms with E-state index in [4.69, 9.17) is 0 Å². The highest BCUT2D eigenvalue weighted by Crippen LogP contribution is 2.37. The van der Waals surface area contributed by atoms with E-state index >= 15 is 0 Å². The van der Waals surface area contributed by atoms with E-state index in [-0.39, 0.29) is 0 Å². The SMILES string of the molecule is CC(C)C1CCC2CCNCC2CC1. The van der Waals surface area contributed by atoms with Crippen LogP contribution in [0.2, 0.25) is 0 Å². The zero-order valence-electron chi connectivity index (χ0n) is 9.76. The maximum Gasteiger partial charge on any atom is -0.00179 e. The molecule has 14 heavy (non-hydrogen) atoms. The lowest BCUT2D eigenvalue weighted by atomic mass is 9.83. The van der Waals surface area contributed by atoms with Crippen molar-refractivity contribution < 1.29 is 0 Å². The van der Waals surface area contributed by atoms with E-state index in [0.717, 1.165) is 23.7 Å². The smallest absolute Gasteiger partial charge is 0.00179 e. The summed E-state index contributed by atoms with van der Waals surface area (Å²) < 4.78 is 0. The van der Waals surface area contributed by atoms with Crippen molar-refractivity contribution in [3.8, 4) is 0 Å². The normalized spacial score (nSPS) is 39.2. The summed E-state index contributed by atoms with van der Waals surface area (Å²) in [5, 5.41) is 3.56. The third-order valence-electron chi connectivity index (χ3n) is 4.52. The number of rotatable bonds is 1. The van der Waals surface area contributed by atoms with Gasteiger partial charge in [-0.3, -0.25) is 0 Å². The fraction of sp³-hybridized carbons (Fsp3) is 1.00. The fourth-order valence-corrected chi connectivity index (χ4v) is 3.36. The summed E-state index contributed by atoms with van der Waals surface area (Å²) in [6.07, 6.45) is 7.42. The molecule has 1 aliphatic carbocycles. The first kappa shape index (κ1) is 10.5. The number of piperidine rings is 1. The monoisotopic (exact) mass is 195 g/mol. The molecule has 1 aliphatic heterocycles. The van der Waals surface area contributed by atoms with Crippen LogP contribution in [0.4, 0.5) is 0 Å². The topological polar surface area (TPSA) is 12.0 Å². The van der Waals surface area contributed by atoms with Crippen molar-refractivity contribution in [2.24, 2.45) is 23.7 Å². The summed E-state index contributed by atoms with van der Waals surface area (Å²) in [6, 6.07) is 0. The molecular weight excluding hydrogens is 170 g/mol. The van der Waals surface area contributed by atoms with Crippen LogP contribution < -0.4 is 5.32 Å². The van der Waals surface area contributed by atoms with Gasteiger partial charge in [0.2, 0.25) is 0 Å². The van der Waals surface area contributed by atoms with Gasteiger partial charge in [0.1, 0.15) is 0 Å². The Hall–Kier alpha value is -0.0400. The van der Waals surface area contributed by atoms with Crippen LogP contribution in [0.1, 0.15) is 46.0 Å². The van der Waals surface area contributed by atoms with Gasteiger partial charge in [-0.25, -0.2) is 0 Å². The van der Waals surface area contributed by atoms with Gasteiger partial charge in [-0.05, 0) is 68.9 Å². The molecule has 82 valence electrons. The third-order valence-corrected chi connectivity index (χ3v) is 4.52. The van der Waals surface area contributed by atoms with Crippen molar-refractivity contribution >= 4 is 0 Å². The summed E-state index contributed by atoms with van der Waals surface area (Å²) in [5.74, 6) is 3.98. The Morgan fingerprint density at radius 3 is 2.36 bits per heavy atom. The van der Waals surface area contributed by atoms with Gasteiger partial charge in [-0.15, -0.1) is 0 Å². The van der Waals surface area contributed by atoms with Crippen molar-refractivity contribution in [1.29, 1.82) is 0 Å². The van der Waals surface area contributed by atoms with Crippen LogP contribution in [0, 0.1) is 23.7 Å². The lowest BCUT2D eigenvalue weighted by Crippen LogP contribution is -2.35. The Morgan fingerprint density at radius 2 is 1.64 bits per heavy atom. The molecule has 1 nitrogen and oxygen atoms in total. The Kier molecular flexibility index (Phi) is 3.48. The summed E-state index contributed by atoms with van der Waals surface area (Å²) in [6.45, 7) is 7.37. The van der Waals surface area contributed by atoms with Gasteiger partial charge in [0, 0.05) is 0 Å². The number of hydrogen-bond donors (Lipinski definition) is 1. The minimum Gasteiger partial charge on any atom is -0.316 e. The van der Waals surface area contributed by atoms with E-state index in [9.17, 15) is 0 Å². The first-order chi connectivity index (χ1) is 6.77. The maximum atomic E-state index is 3.56. The minimum atomic E-state index is 0.906. The van der Waals surface area contributed by atoms with E-state index in [1.807, 2.05) is 0 Å². The predicted octanol–water partition coefficient (Wildman–Crippen LogP) is 3.06. The highest BCUT2D eigenvalue weighted by Gasteiger charge is 2.29. The van der Waals surface area contributed by atoms with Gasteiger partial charge in [0.25, 0.3) is 0 Å². The summed E-state index contributed by atoms with van der Waals surface area (Å²) in [7, 11) is 0. The van der Waals surface area contributed by atoms with Crippen molar-refractivity contribution in [2.75, 3.05) is 13.1 Å². The molecule has 3 atom stereocenters. The first-order valence-corrected chi connectivity index (χ1v) is 6.48. The van der Waals surface area contributed by atoms with Crippen LogP contribution in [0.5, 0.6) is 0 Å². The fourth-order valence-electron chi connectivity index (χ4n) is 3.36. The van der Waals surface area contributed by atoms with Gasteiger partial charge in [0.05, 0.1) is 0 Å².